The summed E-state index contributed by atoms with van der Waals surface area (Å²) in [6.45, 7) is 0. The molecular formula is C55H32N4OS. The first-order valence-corrected chi connectivity index (χ1v) is 21.2. The quantitative estimate of drug-likeness (QED) is 0.174. The lowest BCUT2D eigenvalue weighted by Gasteiger charge is -2.14. The van der Waals surface area contributed by atoms with Crippen molar-refractivity contribution in [1.29, 1.82) is 0 Å². The number of furan rings is 1. The molecule has 0 atom stereocenters. The molecule has 0 aliphatic heterocycles. The fourth-order valence-corrected chi connectivity index (χ4v) is 10.3. The second-order valence-corrected chi connectivity index (χ2v) is 16.6. The maximum absolute atomic E-state index is 6.74. The zero-order valence-electron chi connectivity index (χ0n) is 32.6. The molecule has 0 radical (unpaired) electrons. The van der Waals surface area contributed by atoms with Crippen LogP contribution in [-0.2, 0) is 0 Å². The molecular weight excluding hydrogens is 765 g/mol. The molecule has 0 aliphatic carbocycles. The van der Waals surface area contributed by atoms with E-state index >= 15 is 0 Å². The average molecular weight is 797 g/mol. The molecule has 0 spiro atoms. The summed E-state index contributed by atoms with van der Waals surface area (Å²) in [6.07, 6.45) is 0. The Kier molecular flexibility index (Phi) is 7.41. The molecule has 0 fully saturated rings. The van der Waals surface area contributed by atoms with Gasteiger partial charge in [-0.3, -0.25) is 0 Å². The van der Waals surface area contributed by atoms with Crippen LogP contribution in [0.2, 0.25) is 0 Å². The van der Waals surface area contributed by atoms with Crippen LogP contribution >= 0.6 is 11.3 Å². The monoisotopic (exact) mass is 796 g/mol. The summed E-state index contributed by atoms with van der Waals surface area (Å²) in [5.74, 6) is 1.79. The number of hydrogen-bond acceptors (Lipinski definition) is 5. The van der Waals surface area contributed by atoms with E-state index in [9.17, 15) is 0 Å². The van der Waals surface area contributed by atoms with E-state index in [1.165, 1.54) is 36.3 Å². The normalized spacial score (nSPS) is 11.9. The van der Waals surface area contributed by atoms with Crippen molar-refractivity contribution in [3.05, 3.63) is 194 Å². The van der Waals surface area contributed by atoms with Gasteiger partial charge in [-0.05, 0) is 70.4 Å². The molecule has 6 heteroatoms. The third kappa shape index (κ3) is 5.36. The number of para-hydroxylation sites is 2. The van der Waals surface area contributed by atoms with Gasteiger partial charge in [-0.15, -0.1) is 11.3 Å². The third-order valence-corrected chi connectivity index (χ3v) is 13.2. The molecule has 0 saturated carbocycles. The van der Waals surface area contributed by atoms with Gasteiger partial charge in [0.2, 0.25) is 0 Å². The first kappa shape index (κ1) is 34.0. The van der Waals surface area contributed by atoms with Crippen LogP contribution in [0.4, 0.5) is 0 Å². The van der Waals surface area contributed by atoms with Gasteiger partial charge in [-0.2, -0.15) is 0 Å². The number of nitrogens with zero attached hydrogens (tertiary/aromatic N) is 4. The summed E-state index contributed by atoms with van der Waals surface area (Å²) >= 11 is 1.79. The molecule has 0 unspecified atom stereocenters. The van der Waals surface area contributed by atoms with E-state index in [1.807, 2.05) is 18.2 Å². The highest BCUT2D eigenvalue weighted by molar-refractivity contribution is 7.25. The van der Waals surface area contributed by atoms with Gasteiger partial charge < -0.3 is 8.98 Å². The summed E-state index contributed by atoms with van der Waals surface area (Å²) in [4.78, 5) is 16.0. The van der Waals surface area contributed by atoms with Crippen LogP contribution in [0.25, 0.3) is 126 Å². The zero-order chi connectivity index (χ0) is 40.0. The van der Waals surface area contributed by atoms with Crippen molar-refractivity contribution in [2.75, 3.05) is 0 Å². The molecule has 9 aromatic carbocycles. The largest absolute Gasteiger partial charge is 0.456 e. The Bertz CT molecular complexity index is 3880. The van der Waals surface area contributed by atoms with Crippen molar-refractivity contribution < 1.29 is 4.42 Å². The molecule has 0 saturated heterocycles. The van der Waals surface area contributed by atoms with Crippen molar-refractivity contribution >= 4 is 86.0 Å². The first-order chi connectivity index (χ1) is 30.2. The van der Waals surface area contributed by atoms with E-state index in [0.717, 1.165) is 71.9 Å². The molecule has 0 amide bonds. The summed E-state index contributed by atoms with van der Waals surface area (Å²) in [5, 5.41) is 9.21. The molecule has 284 valence electrons. The Labute approximate surface area is 353 Å². The highest BCUT2D eigenvalue weighted by Gasteiger charge is 2.23. The highest BCUT2D eigenvalue weighted by atomic mass is 32.1. The van der Waals surface area contributed by atoms with Gasteiger partial charge in [0.25, 0.3) is 0 Å². The number of fused-ring (bicyclic) bond motifs is 10. The molecule has 5 nitrogen and oxygen atoms in total. The lowest BCUT2D eigenvalue weighted by molar-refractivity contribution is 0.669. The standard InChI is InChI=1S/C55H32N4OS/c1-2-13-33(14-3-1)34-25-27-35(28-26-34)53-56-54(58-55(57-53)42-20-12-24-50-51(42)41-19-8-11-23-49(41)61-50)38-31-46(52-40-18-7-10-22-47(40)60-48(52)32-38)59-44-21-9-6-17-39(44)43-29-36-15-4-5-16-37(36)30-45(43)59/h1-32H. The number of rotatable bonds is 5. The van der Waals surface area contributed by atoms with E-state index < -0.39 is 0 Å². The van der Waals surface area contributed by atoms with E-state index in [4.69, 9.17) is 19.4 Å². The Balaban J connectivity index is 1.10. The molecule has 0 bridgehead atoms. The summed E-state index contributed by atoms with van der Waals surface area (Å²) in [7, 11) is 0. The fourth-order valence-electron chi connectivity index (χ4n) is 9.21. The highest BCUT2D eigenvalue weighted by Crippen LogP contribution is 2.43. The number of benzene rings is 9. The van der Waals surface area contributed by atoms with Crippen LogP contribution in [0.5, 0.6) is 0 Å². The fraction of sp³-hybridized carbons (Fsp3) is 0. The maximum atomic E-state index is 6.74. The van der Waals surface area contributed by atoms with Crippen LogP contribution in [0, 0.1) is 0 Å². The van der Waals surface area contributed by atoms with Crippen LogP contribution in [0.3, 0.4) is 0 Å². The number of hydrogen-bond donors (Lipinski definition) is 0. The first-order valence-electron chi connectivity index (χ1n) is 20.4. The second kappa shape index (κ2) is 13.3. The van der Waals surface area contributed by atoms with E-state index in [1.54, 1.807) is 11.3 Å². The lowest BCUT2D eigenvalue weighted by Crippen LogP contribution is -2.02. The van der Waals surface area contributed by atoms with Crippen LogP contribution in [-0.4, -0.2) is 19.5 Å². The third-order valence-electron chi connectivity index (χ3n) is 12.0. The molecule has 0 aliphatic rings. The van der Waals surface area contributed by atoms with Crippen molar-refractivity contribution in [3.8, 4) is 51.0 Å². The van der Waals surface area contributed by atoms with E-state index in [2.05, 4.69) is 180 Å². The Morgan fingerprint density at radius 3 is 1.87 bits per heavy atom. The van der Waals surface area contributed by atoms with Crippen LogP contribution < -0.4 is 0 Å². The molecule has 0 N–H and O–H groups in total. The van der Waals surface area contributed by atoms with Gasteiger partial charge in [-0.25, -0.2) is 15.0 Å². The summed E-state index contributed by atoms with van der Waals surface area (Å²) in [5.41, 5.74) is 9.83. The molecule has 4 aromatic heterocycles. The average Bonchev–Trinajstić information content (AvgIpc) is 4.00. The molecule has 13 rings (SSSR count). The minimum absolute atomic E-state index is 0.568. The van der Waals surface area contributed by atoms with Gasteiger partial charge in [0.15, 0.2) is 17.5 Å². The maximum Gasteiger partial charge on any atom is 0.164 e. The summed E-state index contributed by atoms with van der Waals surface area (Å²) in [6, 6.07) is 68.5. The van der Waals surface area contributed by atoms with Crippen molar-refractivity contribution in [2.45, 2.75) is 0 Å². The predicted molar refractivity (Wildman–Crippen MR) is 254 cm³/mol. The van der Waals surface area contributed by atoms with Crippen molar-refractivity contribution in [3.63, 3.8) is 0 Å². The molecule has 13 aromatic rings. The second-order valence-electron chi connectivity index (χ2n) is 15.6. The van der Waals surface area contributed by atoms with Gasteiger partial charge >= 0.3 is 0 Å². The van der Waals surface area contributed by atoms with Crippen molar-refractivity contribution in [2.24, 2.45) is 0 Å². The van der Waals surface area contributed by atoms with Gasteiger partial charge in [0.1, 0.15) is 11.2 Å². The van der Waals surface area contributed by atoms with E-state index in [0.29, 0.717) is 17.5 Å². The van der Waals surface area contributed by atoms with Crippen LogP contribution in [0.1, 0.15) is 0 Å². The predicted octanol–water partition coefficient (Wildman–Crippen LogP) is 15.1. The van der Waals surface area contributed by atoms with Crippen LogP contribution in [0.15, 0.2) is 199 Å². The topological polar surface area (TPSA) is 56.7 Å². The van der Waals surface area contributed by atoms with Gasteiger partial charge in [-0.1, -0.05) is 146 Å². The smallest absolute Gasteiger partial charge is 0.164 e. The minimum Gasteiger partial charge on any atom is -0.456 e. The van der Waals surface area contributed by atoms with E-state index in [-0.39, 0.29) is 0 Å². The van der Waals surface area contributed by atoms with Crippen molar-refractivity contribution in [1.82, 2.24) is 19.5 Å². The van der Waals surface area contributed by atoms with Gasteiger partial charge in [0.05, 0.1) is 22.1 Å². The SMILES string of the molecule is c1ccc(-c2ccc(-c3nc(-c4cc(-n5c6ccccc6c6cc7ccccc7cc65)c5c(c4)oc4ccccc45)nc(-c4cccc5sc6ccccc6c45)n3)cc2)cc1. The lowest BCUT2D eigenvalue weighted by atomic mass is 10.0. The summed E-state index contributed by atoms with van der Waals surface area (Å²) < 4.78 is 11.6. The zero-order valence-corrected chi connectivity index (χ0v) is 33.4. The Morgan fingerprint density at radius 1 is 0.377 bits per heavy atom. The number of aromatic nitrogens is 4. The minimum atomic E-state index is 0.568. The molecule has 61 heavy (non-hydrogen) atoms. The Morgan fingerprint density at radius 2 is 1.02 bits per heavy atom. The van der Waals surface area contributed by atoms with Gasteiger partial charge in [0, 0.05) is 53.0 Å². The molecule has 4 heterocycles. The Hall–Kier alpha value is -7.93. The number of thiophene rings is 1.